The van der Waals surface area contributed by atoms with Crippen LogP contribution in [0.15, 0.2) is 12.4 Å². The molecule has 0 aliphatic carbocycles. The summed E-state index contributed by atoms with van der Waals surface area (Å²) < 4.78 is 1.77. The fraction of sp³-hybridized carbons (Fsp3) is 0.684. The molecule has 2 N–H and O–H groups in total. The lowest BCUT2D eigenvalue weighted by atomic mass is 9.85. The van der Waals surface area contributed by atoms with Crippen molar-refractivity contribution >= 4 is 17.8 Å². The van der Waals surface area contributed by atoms with Gasteiger partial charge in [0.2, 0.25) is 5.91 Å². The molecule has 3 rings (SSSR count). The van der Waals surface area contributed by atoms with Crippen molar-refractivity contribution in [3.05, 3.63) is 18.0 Å². The Morgan fingerprint density at radius 1 is 1.29 bits per heavy atom. The van der Waals surface area contributed by atoms with Crippen molar-refractivity contribution in [3.63, 3.8) is 0 Å². The summed E-state index contributed by atoms with van der Waals surface area (Å²) in [4.78, 5) is 42.5. The summed E-state index contributed by atoms with van der Waals surface area (Å²) >= 11 is 0. The first-order chi connectivity index (χ1) is 13.2. The SMILES string of the molecule is CC(C)CCN1C(=O)N(CC(N)=O)C(=O)C12CCN(Cc1cnn(C)c1)CC2. The van der Waals surface area contributed by atoms with E-state index in [9.17, 15) is 14.4 Å². The quantitative estimate of drug-likeness (QED) is 0.685. The van der Waals surface area contributed by atoms with Crippen molar-refractivity contribution in [1.82, 2.24) is 24.5 Å². The highest BCUT2D eigenvalue weighted by atomic mass is 16.2. The third kappa shape index (κ3) is 3.89. The minimum atomic E-state index is -0.854. The third-order valence-corrected chi connectivity index (χ3v) is 5.71. The van der Waals surface area contributed by atoms with Crippen molar-refractivity contribution in [3.8, 4) is 0 Å². The van der Waals surface area contributed by atoms with Gasteiger partial charge in [0, 0.05) is 45.0 Å². The molecule has 9 heteroatoms. The number of nitrogens with two attached hydrogens (primary N) is 1. The van der Waals surface area contributed by atoms with Gasteiger partial charge in [-0.3, -0.25) is 24.1 Å². The van der Waals surface area contributed by atoms with Gasteiger partial charge < -0.3 is 10.6 Å². The topological polar surface area (TPSA) is 105 Å². The maximum atomic E-state index is 13.2. The van der Waals surface area contributed by atoms with Gasteiger partial charge in [-0.05, 0) is 25.2 Å². The normalized spacial score (nSPS) is 20.0. The van der Waals surface area contributed by atoms with Gasteiger partial charge in [-0.2, -0.15) is 5.10 Å². The molecule has 0 bridgehead atoms. The molecular weight excluding hydrogens is 360 g/mol. The van der Waals surface area contributed by atoms with Crippen LogP contribution in [0.25, 0.3) is 0 Å². The van der Waals surface area contributed by atoms with Crippen LogP contribution in [0.4, 0.5) is 4.79 Å². The minimum absolute atomic E-state index is 0.277. The summed E-state index contributed by atoms with van der Waals surface area (Å²) in [6, 6.07) is -0.384. The van der Waals surface area contributed by atoms with E-state index in [0.29, 0.717) is 38.4 Å². The number of nitrogens with zero attached hydrogens (tertiary/aromatic N) is 5. The Morgan fingerprint density at radius 3 is 2.50 bits per heavy atom. The lowest BCUT2D eigenvalue weighted by molar-refractivity contribution is -0.137. The van der Waals surface area contributed by atoms with Gasteiger partial charge in [0.1, 0.15) is 12.1 Å². The Hall–Kier alpha value is -2.42. The van der Waals surface area contributed by atoms with E-state index in [0.717, 1.165) is 23.4 Å². The van der Waals surface area contributed by atoms with Crippen LogP contribution in [0, 0.1) is 5.92 Å². The molecule has 4 amide bonds. The van der Waals surface area contributed by atoms with Gasteiger partial charge in [0.15, 0.2) is 0 Å². The molecular formula is C19H30N6O3. The zero-order valence-electron chi connectivity index (χ0n) is 16.9. The fourth-order valence-electron chi connectivity index (χ4n) is 4.15. The molecule has 0 radical (unpaired) electrons. The van der Waals surface area contributed by atoms with Crippen LogP contribution in [0.5, 0.6) is 0 Å². The first-order valence-electron chi connectivity index (χ1n) is 9.84. The minimum Gasteiger partial charge on any atom is -0.368 e. The maximum absolute atomic E-state index is 13.2. The van der Waals surface area contributed by atoms with Crippen molar-refractivity contribution < 1.29 is 14.4 Å². The smallest absolute Gasteiger partial charge is 0.328 e. The van der Waals surface area contributed by atoms with Gasteiger partial charge in [0.05, 0.1) is 6.20 Å². The molecule has 3 heterocycles. The molecule has 1 spiro atoms. The standard InChI is InChI=1S/C19H30N6O3/c1-14(2)4-7-25-18(28)24(13-16(20)26)17(27)19(25)5-8-23(9-6-19)12-15-10-21-22(3)11-15/h10-11,14H,4-9,12-13H2,1-3H3,(H2,20,26). The van der Waals surface area contributed by atoms with Crippen LogP contribution in [-0.2, 0) is 23.2 Å². The number of amides is 4. The van der Waals surface area contributed by atoms with E-state index in [1.54, 1.807) is 9.58 Å². The monoisotopic (exact) mass is 390 g/mol. The van der Waals surface area contributed by atoms with Crippen molar-refractivity contribution in [2.24, 2.45) is 18.7 Å². The maximum Gasteiger partial charge on any atom is 0.328 e. The number of rotatable bonds is 7. The summed E-state index contributed by atoms with van der Waals surface area (Å²) in [5.74, 6) is -0.534. The number of hydrogen-bond acceptors (Lipinski definition) is 5. The van der Waals surface area contributed by atoms with Gasteiger partial charge in [0.25, 0.3) is 5.91 Å². The number of piperidine rings is 1. The van der Waals surface area contributed by atoms with Crippen LogP contribution in [0.2, 0.25) is 0 Å². The Bertz CT molecular complexity index is 751. The zero-order valence-corrected chi connectivity index (χ0v) is 16.9. The van der Waals surface area contributed by atoms with E-state index in [2.05, 4.69) is 23.8 Å². The van der Waals surface area contributed by atoms with Gasteiger partial charge in [-0.25, -0.2) is 4.79 Å². The van der Waals surface area contributed by atoms with Gasteiger partial charge in [-0.1, -0.05) is 13.8 Å². The lowest BCUT2D eigenvalue weighted by Crippen LogP contribution is -2.56. The molecule has 2 fully saturated rings. The molecule has 0 saturated carbocycles. The number of carbonyl (C=O) groups is 3. The van der Waals surface area contributed by atoms with E-state index >= 15 is 0 Å². The van der Waals surface area contributed by atoms with E-state index in [4.69, 9.17) is 5.73 Å². The molecule has 0 aromatic carbocycles. The number of imide groups is 1. The lowest BCUT2D eigenvalue weighted by Gasteiger charge is -2.42. The van der Waals surface area contributed by atoms with Gasteiger partial charge >= 0.3 is 6.03 Å². The van der Waals surface area contributed by atoms with Crippen LogP contribution in [0.1, 0.15) is 38.7 Å². The highest BCUT2D eigenvalue weighted by Crippen LogP contribution is 2.38. The third-order valence-electron chi connectivity index (χ3n) is 5.71. The molecule has 9 nitrogen and oxygen atoms in total. The Kier molecular flexibility index (Phi) is 5.74. The summed E-state index contributed by atoms with van der Waals surface area (Å²) in [6.07, 6.45) is 5.76. The molecule has 2 saturated heterocycles. The molecule has 2 aliphatic heterocycles. The number of primary amides is 1. The highest BCUT2D eigenvalue weighted by Gasteiger charge is 2.57. The predicted molar refractivity (Wildman–Crippen MR) is 103 cm³/mol. The van der Waals surface area contributed by atoms with E-state index < -0.39 is 11.4 Å². The number of likely N-dealkylation sites (tertiary alicyclic amines) is 1. The molecule has 0 unspecified atom stereocenters. The zero-order chi connectivity index (χ0) is 20.5. The number of carbonyl (C=O) groups excluding carboxylic acids is 3. The number of hydrogen-bond donors (Lipinski definition) is 1. The number of urea groups is 1. The van der Waals surface area contributed by atoms with E-state index in [1.165, 1.54) is 0 Å². The summed E-state index contributed by atoms with van der Waals surface area (Å²) in [7, 11) is 1.89. The van der Waals surface area contributed by atoms with Crippen LogP contribution >= 0.6 is 0 Å². The highest BCUT2D eigenvalue weighted by molar-refractivity contribution is 6.09. The first kappa shape index (κ1) is 20.3. The Morgan fingerprint density at radius 2 is 1.96 bits per heavy atom. The average Bonchev–Trinajstić information content (AvgIpc) is 3.11. The van der Waals surface area contributed by atoms with Crippen LogP contribution in [-0.4, -0.2) is 74.0 Å². The second-order valence-electron chi connectivity index (χ2n) is 8.30. The summed E-state index contributed by atoms with van der Waals surface area (Å²) in [6.45, 7) is 6.52. The largest absolute Gasteiger partial charge is 0.368 e. The molecule has 1 aromatic rings. The van der Waals surface area contributed by atoms with Crippen molar-refractivity contribution in [2.45, 2.75) is 45.2 Å². The molecule has 154 valence electrons. The second kappa shape index (κ2) is 7.90. The predicted octanol–water partition coefficient (Wildman–Crippen LogP) is 0.550. The molecule has 28 heavy (non-hydrogen) atoms. The van der Waals surface area contributed by atoms with E-state index in [1.807, 2.05) is 19.4 Å². The summed E-state index contributed by atoms with van der Waals surface area (Å²) in [5.41, 5.74) is 5.54. The average molecular weight is 390 g/mol. The number of aryl methyl sites for hydroxylation is 1. The van der Waals surface area contributed by atoms with Crippen molar-refractivity contribution in [1.29, 1.82) is 0 Å². The van der Waals surface area contributed by atoms with Crippen LogP contribution < -0.4 is 5.73 Å². The Labute approximate surface area is 165 Å². The van der Waals surface area contributed by atoms with Crippen LogP contribution in [0.3, 0.4) is 0 Å². The van der Waals surface area contributed by atoms with Gasteiger partial charge in [-0.15, -0.1) is 0 Å². The fourth-order valence-corrected chi connectivity index (χ4v) is 4.15. The molecule has 0 atom stereocenters. The van der Waals surface area contributed by atoms with E-state index in [-0.39, 0.29) is 18.5 Å². The number of aromatic nitrogens is 2. The summed E-state index contributed by atoms with van der Waals surface area (Å²) in [5, 5.41) is 4.20. The van der Waals surface area contributed by atoms with Crippen molar-refractivity contribution in [2.75, 3.05) is 26.2 Å². The second-order valence-corrected chi connectivity index (χ2v) is 8.30. The molecule has 1 aromatic heterocycles. The molecule has 2 aliphatic rings. The first-order valence-corrected chi connectivity index (χ1v) is 9.84. The Balaban J connectivity index is 1.75.